The number of halogens is 1. The predicted molar refractivity (Wildman–Crippen MR) is 95.5 cm³/mol. The average Bonchev–Trinajstić information content (AvgIpc) is 2.59. The number of aromatic nitrogens is 1. The Hall–Kier alpha value is -2.86. The van der Waals surface area contributed by atoms with E-state index in [1.54, 1.807) is 43.3 Å². The Labute approximate surface area is 144 Å². The van der Waals surface area contributed by atoms with E-state index >= 15 is 0 Å². The first-order valence-electron chi connectivity index (χ1n) is 7.97. The van der Waals surface area contributed by atoms with Crippen molar-refractivity contribution in [2.75, 3.05) is 11.9 Å². The third-order valence-electron chi connectivity index (χ3n) is 3.70. The van der Waals surface area contributed by atoms with E-state index in [1.807, 2.05) is 0 Å². The highest BCUT2D eigenvalue weighted by Crippen LogP contribution is 2.21. The lowest BCUT2D eigenvalue weighted by molar-refractivity contribution is 0.123. The topological polar surface area (TPSA) is 74.3 Å². The molecule has 6 heteroatoms. The molecule has 0 radical (unpaired) electrons. The number of H-pyrrole nitrogens is 1. The van der Waals surface area contributed by atoms with Gasteiger partial charge in [-0.05, 0) is 48.9 Å². The lowest BCUT2D eigenvalue weighted by atomic mass is 10.2. The van der Waals surface area contributed by atoms with Crippen LogP contribution in [0.5, 0.6) is 5.75 Å². The Kier molecular flexibility index (Phi) is 5.00. The lowest BCUT2D eigenvalue weighted by Crippen LogP contribution is -2.14. The maximum atomic E-state index is 12.9. The van der Waals surface area contributed by atoms with E-state index in [9.17, 15) is 14.3 Å². The first-order valence-corrected chi connectivity index (χ1v) is 7.97. The molecule has 1 atom stereocenters. The van der Waals surface area contributed by atoms with Gasteiger partial charge in [-0.2, -0.15) is 0 Å². The van der Waals surface area contributed by atoms with Gasteiger partial charge in [0, 0.05) is 17.4 Å². The van der Waals surface area contributed by atoms with Crippen LogP contribution in [0.3, 0.4) is 0 Å². The molecule has 5 nitrogen and oxygen atoms in total. The minimum absolute atomic E-state index is 0.199. The molecule has 1 heterocycles. The van der Waals surface area contributed by atoms with Gasteiger partial charge >= 0.3 is 0 Å². The quantitative estimate of drug-likeness (QED) is 0.644. The normalized spacial score (nSPS) is 12.1. The average molecular weight is 342 g/mol. The summed E-state index contributed by atoms with van der Waals surface area (Å²) in [6.45, 7) is 2.26. The van der Waals surface area contributed by atoms with Gasteiger partial charge in [0.25, 0.3) is 5.56 Å². The first kappa shape index (κ1) is 17.0. The second kappa shape index (κ2) is 7.36. The number of anilines is 1. The Bertz CT molecular complexity index is 920. The maximum absolute atomic E-state index is 12.9. The largest absolute Gasteiger partial charge is 0.491 e. The predicted octanol–water partition coefficient (Wildman–Crippen LogP) is 3.04. The van der Waals surface area contributed by atoms with E-state index < -0.39 is 6.10 Å². The van der Waals surface area contributed by atoms with Crippen LogP contribution in [0.4, 0.5) is 10.1 Å². The summed E-state index contributed by atoms with van der Waals surface area (Å²) in [5, 5.41) is 13.2. The van der Waals surface area contributed by atoms with Crippen molar-refractivity contribution in [2.45, 2.75) is 19.6 Å². The number of pyridine rings is 1. The molecule has 0 aliphatic carbocycles. The lowest BCUT2D eigenvalue weighted by Gasteiger charge is -2.10. The van der Waals surface area contributed by atoms with Crippen molar-refractivity contribution in [2.24, 2.45) is 0 Å². The van der Waals surface area contributed by atoms with Crippen molar-refractivity contribution in [3.8, 4) is 5.75 Å². The van der Waals surface area contributed by atoms with Crippen molar-refractivity contribution in [3.63, 3.8) is 0 Å². The molecule has 0 aliphatic heterocycles. The molecule has 0 saturated heterocycles. The number of hydrogen-bond acceptors (Lipinski definition) is 4. The number of hydrogen-bond donors (Lipinski definition) is 3. The zero-order chi connectivity index (χ0) is 17.8. The van der Waals surface area contributed by atoms with Gasteiger partial charge in [0.2, 0.25) is 0 Å². The standard InChI is InChI=1S/C19H19FN2O3/c1-12(23)11-25-16-6-7-17-14(8-16)9-18(19(24)22-17)21-10-13-2-4-15(20)5-3-13/h2-9,12,21,23H,10-11H2,1H3,(H,22,24)/t12-/m0/s1. The molecule has 3 aromatic rings. The summed E-state index contributed by atoms with van der Waals surface area (Å²) in [6, 6.07) is 13.1. The molecule has 0 fully saturated rings. The van der Waals surface area contributed by atoms with E-state index in [4.69, 9.17) is 4.74 Å². The number of benzene rings is 2. The van der Waals surface area contributed by atoms with Crippen LogP contribution < -0.4 is 15.6 Å². The molecule has 0 saturated carbocycles. The third kappa shape index (κ3) is 4.36. The summed E-state index contributed by atoms with van der Waals surface area (Å²) >= 11 is 0. The van der Waals surface area contributed by atoms with Crippen LogP contribution in [0.15, 0.2) is 53.3 Å². The number of aromatic amines is 1. The van der Waals surface area contributed by atoms with Crippen molar-refractivity contribution < 1.29 is 14.2 Å². The number of aliphatic hydroxyl groups is 1. The fourth-order valence-electron chi connectivity index (χ4n) is 2.42. The summed E-state index contributed by atoms with van der Waals surface area (Å²) in [5.74, 6) is 0.321. The number of rotatable bonds is 6. The molecule has 3 N–H and O–H groups in total. The molecule has 130 valence electrons. The maximum Gasteiger partial charge on any atom is 0.271 e. The van der Waals surface area contributed by atoms with Crippen molar-refractivity contribution in [1.82, 2.24) is 4.98 Å². The molecule has 25 heavy (non-hydrogen) atoms. The Morgan fingerprint density at radius 1 is 1.20 bits per heavy atom. The van der Waals surface area contributed by atoms with Crippen LogP contribution in [0.2, 0.25) is 0 Å². The molecule has 1 aromatic heterocycles. The van der Waals surface area contributed by atoms with Crippen molar-refractivity contribution in [1.29, 1.82) is 0 Å². The van der Waals surface area contributed by atoms with E-state index in [-0.39, 0.29) is 18.0 Å². The fraction of sp³-hybridized carbons (Fsp3) is 0.211. The number of ether oxygens (including phenoxy) is 1. The van der Waals surface area contributed by atoms with Gasteiger partial charge in [0.1, 0.15) is 23.9 Å². The van der Waals surface area contributed by atoms with Gasteiger partial charge in [-0.15, -0.1) is 0 Å². The van der Waals surface area contributed by atoms with Gasteiger partial charge in [-0.25, -0.2) is 4.39 Å². The zero-order valence-electron chi connectivity index (χ0n) is 13.8. The van der Waals surface area contributed by atoms with Gasteiger partial charge in [-0.3, -0.25) is 4.79 Å². The monoisotopic (exact) mass is 342 g/mol. The van der Waals surface area contributed by atoms with Crippen molar-refractivity contribution >= 4 is 16.6 Å². The molecular formula is C19H19FN2O3. The van der Waals surface area contributed by atoms with E-state index in [0.29, 0.717) is 23.5 Å². The first-order chi connectivity index (χ1) is 12.0. The van der Waals surface area contributed by atoms with Crippen LogP contribution in [-0.2, 0) is 6.54 Å². The molecule has 3 rings (SSSR count). The summed E-state index contributed by atoms with van der Waals surface area (Å²) in [5.41, 5.74) is 1.76. The minimum atomic E-state index is -0.556. The SMILES string of the molecule is C[C@H](O)COc1ccc2[nH]c(=O)c(NCc3ccc(F)cc3)cc2c1. The van der Waals surface area contributed by atoms with Crippen LogP contribution in [0, 0.1) is 5.82 Å². The smallest absolute Gasteiger partial charge is 0.271 e. The van der Waals surface area contributed by atoms with Gasteiger partial charge in [-0.1, -0.05) is 12.1 Å². The number of aliphatic hydroxyl groups excluding tert-OH is 1. The molecule has 2 aromatic carbocycles. The summed E-state index contributed by atoms with van der Waals surface area (Å²) in [6.07, 6.45) is -0.556. The number of nitrogens with one attached hydrogen (secondary N) is 2. The van der Waals surface area contributed by atoms with E-state index in [0.717, 1.165) is 10.9 Å². The van der Waals surface area contributed by atoms with Crippen molar-refractivity contribution in [3.05, 3.63) is 70.3 Å². The highest BCUT2D eigenvalue weighted by molar-refractivity contribution is 5.82. The third-order valence-corrected chi connectivity index (χ3v) is 3.70. The van der Waals surface area contributed by atoms with E-state index in [2.05, 4.69) is 10.3 Å². The molecule has 0 bridgehead atoms. The zero-order valence-corrected chi connectivity index (χ0v) is 13.8. The highest BCUT2D eigenvalue weighted by Gasteiger charge is 2.05. The summed E-state index contributed by atoms with van der Waals surface area (Å²) in [7, 11) is 0. The van der Waals surface area contributed by atoms with Gasteiger partial charge in [0.15, 0.2) is 0 Å². The summed E-state index contributed by atoms with van der Waals surface area (Å²) in [4.78, 5) is 15.0. The van der Waals surface area contributed by atoms with E-state index in [1.165, 1.54) is 12.1 Å². The second-order valence-corrected chi connectivity index (χ2v) is 5.90. The molecular weight excluding hydrogens is 323 g/mol. The van der Waals surface area contributed by atoms with Crippen LogP contribution >= 0.6 is 0 Å². The Balaban J connectivity index is 1.80. The summed E-state index contributed by atoms with van der Waals surface area (Å²) < 4.78 is 18.4. The number of fused-ring (bicyclic) bond motifs is 1. The highest BCUT2D eigenvalue weighted by atomic mass is 19.1. The molecule has 0 spiro atoms. The molecule has 0 aliphatic rings. The Morgan fingerprint density at radius 3 is 2.68 bits per heavy atom. The molecule has 0 unspecified atom stereocenters. The van der Waals surface area contributed by atoms with Crippen LogP contribution in [0.25, 0.3) is 10.9 Å². The second-order valence-electron chi connectivity index (χ2n) is 5.90. The van der Waals surface area contributed by atoms with Gasteiger partial charge < -0.3 is 20.1 Å². The Morgan fingerprint density at radius 2 is 1.96 bits per heavy atom. The molecule has 0 amide bonds. The van der Waals surface area contributed by atoms with Crippen LogP contribution in [0.1, 0.15) is 12.5 Å². The minimum Gasteiger partial charge on any atom is -0.491 e. The van der Waals surface area contributed by atoms with Crippen LogP contribution in [-0.4, -0.2) is 22.8 Å². The van der Waals surface area contributed by atoms with Gasteiger partial charge in [0.05, 0.1) is 6.10 Å². The fourth-order valence-corrected chi connectivity index (χ4v) is 2.42.